The van der Waals surface area contributed by atoms with Crippen molar-refractivity contribution in [2.75, 3.05) is 54.5 Å². The third-order valence-corrected chi connectivity index (χ3v) is 4.61. The SMILES string of the molecule is CCN(CC)c1ncc(Cl)c(C(=O)Nc2ccc(N3CCOCC3)nc2)n1. The number of amides is 1. The first kappa shape index (κ1) is 19.3. The van der Waals surface area contributed by atoms with Crippen molar-refractivity contribution < 1.29 is 9.53 Å². The molecule has 0 aromatic carbocycles. The van der Waals surface area contributed by atoms with Crippen LogP contribution in [0.25, 0.3) is 0 Å². The van der Waals surface area contributed by atoms with E-state index in [4.69, 9.17) is 16.3 Å². The topological polar surface area (TPSA) is 83.5 Å². The van der Waals surface area contributed by atoms with Crippen molar-refractivity contribution in [1.82, 2.24) is 15.0 Å². The Morgan fingerprint density at radius 2 is 1.96 bits per heavy atom. The molecule has 27 heavy (non-hydrogen) atoms. The fourth-order valence-corrected chi connectivity index (χ4v) is 2.98. The Hall–Kier alpha value is -2.45. The molecular weight excluding hydrogens is 368 g/mol. The van der Waals surface area contributed by atoms with E-state index in [2.05, 4.69) is 25.2 Å². The molecule has 0 bridgehead atoms. The molecule has 1 fully saturated rings. The molecule has 0 spiro atoms. The molecule has 3 heterocycles. The third kappa shape index (κ3) is 4.64. The summed E-state index contributed by atoms with van der Waals surface area (Å²) in [5.41, 5.74) is 0.724. The van der Waals surface area contributed by atoms with Crippen molar-refractivity contribution in [3.8, 4) is 0 Å². The number of halogens is 1. The minimum absolute atomic E-state index is 0.144. The lowest BCUT2D eigenvalue weighted by Crippen LogP contribution is -2.36. The van der Waals surface area contributed by atoms with Crippen LogP contribution in [0.2, 0.25) is 5.02 Å². The first-order valence-electron chi connectivity index (χ1n) is 9.00. The number of carbonyl (C=O) groups is 1. The first-order chi connectivity index (χ1) is 13.1. The number of ether oxygens (including phenoxy) is 1. The van der Waals surface area contributed by atoms with Gasteiger partial charge in [-0.3, -0.25) is 4.79 Å². The summed E-state index contributed by atoms with van der Waals surface area (Å²) in [5, 5.41) is 3.00. The van der Waals surface area contributed by atoms with Gasteiger partial charge in [0, 0.05) is 26.2 Å². The molecule has 1 aliphatic heterocycles. The molecule has 0 radical (unpaired) electrons. The van der Waals surface area contributed by atoms with E-state index >= 15 is 0 Å². The van der Waals surface area contributed by atoms with Gasteiger partial charge >= 0.3 is 0 Å². The summed E-state index contributed by atoms with van der Waals surface area (Å²) < 4.78 is 5.35. The highest BCUT2D eigenvalue weighted by molar-refractivity contribution is 6.34. The van der Waals surface area contributed by atoms with Crippen LogP contribution in [0.4, 0.5) is 17.5 Å². The molecule has 0 aliphatic carbocycles. The van der Waals surface area contributed by atoms with Crippen molar-refractivity contribution in [2.45, 2.75) is 13.8 Å². The number of nitrogens with zero attached hydrogens (tertiary/aromatic N) is 5. The summed E-state index contributed by atoms with van der Waals surface area (Å²) in [7, 11) is 0. The second kappa shape index (κ2) is 8.96. The zero-order valence-corrected chi connectivity index (χ0v) is 16.2. The summed E-state index contributed by atoms with van der Waals surface area (Å²) in [4.78, 5) is 29.7. The summed E-state index contributed by atoms with van der Waals surface area (Å²) in [6, 6.07) is 3.69. The number of aromatic nitrogens is 3. The summed E-state index contributed by atoms with van der Waals surface area (Å²) in [6.45, 7) is 8.50. The van der Waals surface area contributed by atoms with E-state index in [0.29, 0.717) is 24.8 Å². The highest BCUT2D eigenvalue weighted by atomic mass is 35.5. The van der Waals surface area contributed by atoms with Gasteiger partial charge in [-0.1, -0.05) is 11.6 Å². The van der Waals surface area contributed by atoms with Gasteiger partial charge in [0.15, 0.2) is 5.69 Å². The van der Waals surface area contributed by atoms with E-state index in [9.17, 15) is 4.79 Å². The fourth-order valence-electron chi connectivity index (χ4n) is 2.81. The molecule has 1 amide bonds. The summed E-state index contributed by atoms with van der Waals surface area (Å²) >= 11 is 6.14. The molecule has 1 N–H and O–H groups in total. The normalized spacial score (nSPS) is 14.1. The number of rotatable bonds is 6. The maximum atomic E-state index is 12.6. The maximum absolute atomic E-state index is 12.6. The Balaban J connectivity index is 1.72. The Labute approximate surface area is 163 Å². The van der Waals surface area contributed by atoms with Crippen LogP contribution in [0.15, 0.2) is 24.5 Å². The molecule has 0 atom stereocenters. The maximum Gasteiger partial charge on any atom is 0.276 e. The van der Waals surface area contributed by atoms with Crippen LogP contribution in [0.5, 0.6) is 0 Å². The van der Waals surface area contributed by atoms with Crippen LogP contribution >= 0.6 is 11.6 Å². The number of nitrogens with one attached hydrogen (secondary N) is 1. The Morgan fingerprint density at radius 1 is 1.22 bits per heavy atom. The summed E-state index contributed by atoms with van der Waals surface area (Å²) in [6.07, 6.45) is 3.08. The molecule has 9 heteroatoms. The van der Waals surface area contributed by atoms with E-state index in [-0.39, 0.29) is 10.7 Å². The smallest absolute Gasteiger partial charge is 0.276 e. The molecule has 2 aromatic rings. The average molecular weight is 391 g/mol. The van der Waals surface area contributed by atoms with Crippen LogP contribution in [-0.4, -0.2) is 60.3 Å². The van der Waals surface area contributed by atoms with Gasteiger partial charge in [-0.15, -0.1) is 0 Å². The number of hydrogen-bond donors (Lipinski definition) is 1. The molecule has 8 nitrogen and oxygen atoms in total. The quantitative estimate of drug-likeness (QED) is 0.811. The van der Waals surface area contributed by atoms with Crippen LogP contribution in [0.1, 0.15) is 24.3 Å². The highest BCUT2D eigenvalue weighted by Crippen LogP contribution is 2.19. The van der Waals surface area contributed by atoms with Gasteiger partial charge in [-0.05, 0) is 26.0 Å². The Kier molecular flexibility index (Phi) is 6.41. The number of hydrogen-bond acceptors (Lipinski definition) is 7. The Morgan fingerprint density at radius 3 is 2.59 bits per heavy atom. The van der Waals surface area contributed by atoms with Gasteiger partial charge in [-0.25, -0.2) is 15.0 Å². The van der Waals surface area contributed by atoms with Gasteiger partial charge in [0.05, 0.1) is 36.3 Å². The predicted octanol–water partition coefficient (Wildman–Crippen LogP) is 2.46. The molecule has 0 unspecified atom stereocenters. The van der Waals surface area contributed by atoms with E-state index in [0.717, 1.165) is 32.0 Å². The van der Waals surface area contributed by atoms with E-state index in [1.807, 2.05) is 30.9 Å². The molecular formula is C18H23ClN6O2. The average Bonchev–Trinajstić information content (AvgIpc) is 2.71. The zero-order valence-electron chi connectivity index (χ0n) is 15.5. The number of anilines is 3. The lowest BCUT2D eigenvalue weighted by Gasteiger charge is -2.27. The zero-order chi connectivity index (χ0) is 19.2. The minimum Gasteiger partial charge on any atom is -0.378 e. The second-order valence-electron chi connectivity index (χ2n) is 6.00. The van der Waals surface area contributed by atoms with Gasteiger partial charge in [0.2, 0.25) is 5.95 Å². The monoisotopic (exact) mass is 390 g/mol. The van der Waals surface area contributed by atoms with Crippen molar-refractivity contribution in [3.05, 3.63) is 35.2 Å². The van der Waals surface area contributed by atoms with Crippen LogP contribution in [0.3, 0.4) is 0 Å². The minimum atomic E-state index is -0.392. The van der Waals surface area contributed by atoms with E-state index in [1.165, 1.54) is 6.20 Å². The number of morpholine rings is 1. The van der Waals surface area contributed by atoms with Crippen molar-refractivity contribution in [3.63, 3.8) is 0 Å². The van der Waals surface area contributed by atoms with Crippen molar-refractivity contribution in [1.29, 1.82) is 0 Å². The van der Waals surface area contributed by atoms with Crippen LogP contribution < -0.4 is 15.1 Å². The summed E-state index contributed by atoms with van der Waals surface area (Å²) in [5.74, 6) is 0.951. The van der Waals surface area contributed by atoms with Crippen LogP contribution in [0, 0.1) is 0 Å². The fraction of sp³-hybridized carbons (Fsp3) is 0.444. The molecule has 0 saturated carbocycles. The molecule has 3 rings (SSSR count). The first-order valence-corrected chi connectivity index (χ1v) is 9.37. The van der Waals surface area contributed by atoms with Gasteiger partial charge in [0.25, 0.3) is 5.91 Å². The second-order valence-corrected chi connectivity index (χ2v) is 6.40. The van der Waals surface area contributed by atoms with Gasteiger partial charge < -0.3 is 19.9 Å². The molecule has 1 aliphatic rings. The van der Waals surface area contributed by atoms with Crippen molar-refractivity contribution in [2.24, 2.45) is 0 Å². The number of pyridine rings is 1. The van der Waals surface area contributed by atoms with Crippen LogP contribution in [-0.2, 0) is 4.74 Å². The lowest BCUT2D eigenvalue weighted by atomic mass is 10.3. The van der Waals surface area contributed by atoms with Gasteiger partial charge in [0.1, 0.15) is 5.82 Å². The van der Waals surface area contributed by atoms with E-state index in [1.54, 1.807) is 6.20 Å². The largest absolute Gasteiger partial charge is 0.378 e. The highest BCUT2D eigenvalue weighted by Gasteiger charge is 2.17. The lowest BCUT2D eigenvalue weighted by molar-refractivity contribution is 0.102. The molecule has 144 valence electrons. The molecule has 1 saturated heterocycles. The van der Waals surface area contributed by atoms with Gasteiger partial charge in [-0.2, -0.15) is 0 Å². The van der Waals surface area contributed by atoms with Crippen molar-refractivity contribution >= 4 is 35.0 Å². The predicted molar refractivity (Wildman–Crippen MR) is 106 cm³/mol. The standard InChI is InChI=1S/C18H23ClN6O2/c1-3-24(4-2)18-21-12-14(19)16(23-18)17(26)22-13-5-6-15(20-11-13)25-7-9-27-10-8-25/h5-6,11-12H,3-4,7-10H2,1-2H3,(H,22,26). The number of carbonyl (C=O) groups excluding carboxylic acids is 1. The molecule has 2 aromatic heterocycles. The van der Waals surface area contributed by atoms with E-state index < -0.39 is 5.91 Å². The third-order valence-electron chi connectivity index (χ3n) is 4.33. The Bertz CT molecular complexity index is 776.